The summed E-state index contributed by atoms with van der Waals surface area (Å²) in [6.45, 7) is 0. The molecule has 0 bridgehead atoms. The Kier molecular flexibility index (Phi) is 1.26. The minimum Gasteiger partial charge on any atom is -0.275 e. The molecule has 0 radical (unpaired) electrons. The monoisotopic (exact) mass is 146 g/mol. The normalized spacial score (nSPS) is 19.7. The van der Waals surface area contributed by atoms with Crippen molar-refractivity contribution in [2.45, 2.75) is 0 Å². The molecule has 0 atom stereocenters. The van der Waals surface area contributed by atoms with Crippen molar-refractivity contribution in [2.24, 2.45) is 5.84 Å². The van der Waals surface area contributed by atoms with Crippen molar-refractivity contribution in [2.75, 3.05) is 0 Å². The summed E-state index contributed by atoms with van der Waals surface area (Å²) in [7, 11) is 0. The van der Waals surface area contributed by atoms with Gasteiger partial charge in [0.15, 0.2) is 0 Å². The van der Waals surface area contributed by atoms with Gasteiger partial charge in [0.1, 0.15) is 0 Å². The van der Waals surface area contributed by atoms with E-state index >= 15 is 0 Å². The molecule has 9 heavy (non-hydrogen) atoms. The first-order valence-corrected chi connectivity index (χ1v) is 2.79. The average Bonchev–Trinajstić information content (AvgIpc) is 1.98. The SMILES string of the molecule is NN1C(=O)SC(=O)C1=O. The molecule has 48 valence electrons. The van der Waals surface area contributed by atoms with E-state index in [9.17, 15) is 14.4 Å². The Hall–Kier alpha value is -0.880. The van der Waals surface area contributed by atoms with Gasteiger partial charge in [0.2, 0.25) is 0 Å². The van der Waals surface area contributed by atoms with Crippen LogP contribution in [0.15, 0.2) is 0 Å². The molecule has 1 heterocycles. The van der Waals surface area contributed by atoms with Crippen LogP contribution < -0.4 is 5.84 Å². The predicted molar refractivity (Wildman–Crippen MR) is 29.0 cm³/mol. The third-order valence-electron chi connectivity index (χ3n) is 0.770. The first-order valence-electron chi connectivity index (χ1n) is 1.98. The van der Waals surface area contributed by atoms with E-state index < -0.39 is 16.3 Å². The van der Waals surface area contributed by atoms with Gasteiger partial charge in [-0.25, -0.2) is 5.84 Å². The number of thioether (sulfide) groups is 1. The molecule has 0 spiro atoms. The minimum absolute atomic E-state index is 0.299. The second-order valence-corrected chi connectivity index (χ2v) is 2.25. The fraction of sp³-hybridized carbons (Fsp3) is 0. The molecule has 1 saturated heterocycles. The van der Waals surface area contributed by atoms with Crippen molar-refractivity contribution in [3.05, 3.63) is 0 Å². The fourth-order valence-electron chi connectivity index (χ4n) is 0.353. The summed E-state index contributed by atoms with van der Waals surface area (Å²) < 4.78 is 0. The van der Waals surface area contributed by atoms with Gasteiger partial charge >= 0.3 is 11.1 Å². The van der Waals surface area contributed by atoms with Crippen LogP contribution in [0.1, 0.15) is 0 Å². The molecule has 1 aliphatic rings. The van der Waals surface area contributed by atoms with Gasteiger partial charge in [-0.3, -0.25) is 14.4 Å². The Morgan fingerprint density at radius 3 is 2.00 bits per heavy atom. The highest BCUT2D eigenvalue weighted by Gasteiger charge is 2.36. The van der Waals surface area contributed by atoms with Crippen LogP contribution in [0.2, 0.25) is 0 Å². The topological polar surface area (TPSA) is 80.5 Å². The second-order valence-electron chi connectivity index (χ2n) is 1.33. The number of carbonyl (C=O) groups is 3. The first kappa shape index (κ1) is 6.24. The van der Waals surface area contributed by atoms with Gasteiger partial charge in [0, 0.05) is 11.8 Å². The van der Waals surface area contributed by atoms with E-state index in [2.05, 4.69) is 0 Å². The molecule has 0 aromatic heterocycles. The Morgan fingerprint density at radius 1 is 1.33 bits per heavy atom. The van der Waals surface area contributed by atoms with Crippen LogP contribution in [0.5, 0.6) is 0 Å². The summed E-state index contributed by atoms with van der Waals surface area (Å²) in [5, 5.41) is -1.24. The molecule has 0 aromatic carbocycles. The number of nitrogens with zero attached hydrogens (tertiary/aromatic N) is 1. The number of hydrazine groups is 1. The number of hydrogen-bond donors (Lipinski definition) is 1. The summed E-state index contributed by atoms with van der Waals surface area (Å²) in [4.78, 5) is 30.9. The van der Waals surface area contributed by atoms with Crippen LogP contribution in [-0.2, 0) is 9.59 Å². The summed E-state index contributed by atoms with van der Waals surface area (Å²) in [5.74, 6) is 3.85. The number of nitrogens with two attached hydrogens (primary N) is 1. The molecule has 5 nitrogen and oxygen atoms in total. The molecule has 2 N–H and O–H groups in total. The largest absolute Gasteiger partial charge is 0.323 e. The van der Waals surface area contributed by atoms with Crippen molar-refractivity contribution in [1.29, 1.82) is 0 Å². The predicted octanol–water partition coefficient (Wildman–Crippen LogP) is -0.918. The van der Waals surface area contributed by atoms with E-state index in [4.69, 9.17) is 5.84 Å². The Balaban J connectivity index is 2.90. The highest BCUT2D eigenvalue weighted by atomic mass is 32.2. The summed E-state index contributed by atoms with van der Waals surface area (Å²) >= 11 is 0.310. The van der Waals surface area contributed by atoms with Crippen LogP contribution >= 0.6 is 11.8 Å². The van der Waals surface area contributed by atoms with Crippen molar-refractivity contribution in [1.82, 2.24) is 5.01 Å². The molecular formula is C3H2N2O3S. The van der Waals surface area contributed by atoms with Gasteiger partial charge < -0.3 is 0 Å². The molecular weight excluding hydrogens is 144 g/mol. The van der Waals surface area contributed by atoms with Crippen LogP contribution in [0.25, 0.3) is 0 Å². The van der Waals surface area contributed by atoms with E-state index in [1.807, 2.05) is 0 Å². The summed E-state index contributed by atoms with van der Waals surface area (Å²) in [6.07, 6.45) is 0. The van der Waals surface area contributed by atoms with E-state index in [1.165, 1.54) is 0 Å². The summed E-state index contributed by atoms with van der Waals surface area (Å²) in [6, 6.07) is 0. The number of amides is 2. The van der Waals surface area contributed by atoms with E-state index in [-0.39, 0.29) is 0 Å². The molecule has 0 saturated carbocycles. The zero-order valence-corrected chi connectivity index (χ0v) is 4.97. The lowest BCUT2D eigenvalue weighted by atomic mass is 10.7. The molecule has 2 amide bonds. The number of carbonyl (C=O) groups excluding carboxylic acids is 3. The second kappa shape index (κ2) is 1.82. The van der Waals surface area contributed by atoms with E-state index in [0.29, 0.717) is 16.8 Å². The molecule has 0 aliphatic carbocycles. The van der Waals surface area contributed by atoms with Gasteiger partial charge in [-0.15, -0.1) is 0 Å². The zero-order valence-electron chi connectivity index (χ0n) is 4.16. The van der Waals surface area contributed by atoms with Crippen LogP contribution in [-0.4, -0.2) is 21.3 Å². The maximum atomic E-state index is 10.3. The molecule has 0 aromatic rings. The number of imide groups is 1. The third kappa shape index (κ3) is 0.816. The van der Waals surface area contributed by atoms with Gasteiger partial charge in [0.05, 0.1) is 0 Å². The Morgan fingerprint density at radius 2 is 1.89 bits per heavy atom. The highest BCUT2D eigenvalue weighted by Crippen LogP contribution is 2.16. The van der Waals surface area contributed by atoms with Crippen molar-refractivity contribution in [3.63, 3.8) is 0 Å². The molecule has 6 heteroatoms. The van der Waals surface area contributed by atoms with Crippen LogP contribution in [0.3, 0.4) is 0 Å². The Bertz CT molecular complexity index is 201. The molecule has 1 fully saturated rings. The van der Waals surface area contributed by atoms with Crippen molar-refractivity contribution < 1.29 is 14.4 Å². The standard InChI is InChI=1S/C3H2N2O3S/c4-5-1(6)2(7)9-3(5)8/h4H2. The number of hydrogen-bond acceptors (Lipinski definition) is 5. The molecule has 1 aliphatic heterocycles. The smallest absolute Gasteiger partial charge is 0.275 e. The van der Waals surface area contributed by atoms with Crippen molar-refractivity contribution in [3.8, 4) is 0 Å². The lowest BCUT2D eigenvalue weighted by molar-refractivity contribution is -0.137. The van der Waals surface area contributed by atoms with Gasteiger partial charge in [0.25, 0.3) is 5.12 Å². The van der Waals surface area contributed by atoms with Crippen molar-refractivity contribution >= 4 is 28.0 Å². The third-order valence-corrected chi connectivity index (χ3v) is 1.50. The van der Waals surface area contributed by atoms with Crippen LogP contribution in [0, 0.1) is 0 Å². The quantitative estimate of drug-likeness (QED) is 0.271. The minimum atomic E-state index is -0.954. The first-order chi connectivity index (χ1) is 4.13. The van der Waals surface area contributed by atoms with E-state index in [1.54, 1.807) is 0 Å². The lowest BCUT2D eigenvalue weighted by Gasteiger charge is -1.97. The zero-order chi connectivity index (χ0) is 7.02. The van der Waals surface area contributed by atoms with Gasteiger partial charge in [-0.05, 0) is 0 Å². The number of rotatable bonds is 0. The van der Waals surface area contributed by atoms with E-state index in [0.717, 1.165) is 0 Å². The molecule has 0 unspecified atom stereocenters. The maximum absolute atomic E-state index is 10.3. The fourth-order valence-corrected chi connectivity index (χ4v) is 0.879. The summed E-state index contributed by atoms with van der Waals surface area (Å²) in [5.41, 5.74) is 0. The maximum Gasteiger partial charge on any atom is 0.323 e. The van der Waals surface area contributed by atoms with Gasteiger partial charge in [-0.2, -0.15) is 5.01 Å². The lowest BCUT2D eigenvalue weighted by Crippen LogP contribution is -2.36. The average molecular weight is 146 g/mol. The van der Waals surface area contributed by atoms with Gasteiger partial charge in [-0.1, -0.05) is 0 Å². The Labute approximate surface area is 54.1 Å². The highest BCUT2D eigenvalue weighted by molar-refractivity contribution is 8.28. The van der Waals surface area contributed by atoms with Crippen LogP contribution in [0.4, 0.5) is 4.79 Å². The molecule has 1 rings (SSSR count).